The molecular weight excluding hydrogens is 499 g/mol. The zero-order valence-corrected chi connectivity index (χ0v) is 20.0. The van der Waals surface area contributed by atoms with Crippen molar-refractivity contribution in [2.75, 3.05) is 25.5 Å². The van der Waals surface area contributed by atoms with Gasteiger partial charge in [-0.05, 0) is 58.8 Å². The van der Waals surface area contributed by atoms with Gasteiger partial charge in [-0.25, -0.2) is 0 Å². The number of aliphatic imine (C=N–C) groups is 1. The van der Waals surface area contributed by atoms with Gasteiger partial charge < -0.3 is 20.7 Å². The van der Waals surface area contributed by atoms with Gasteiger partial charge in [-0.15, -0.1) is 24.0 Å². The molecule has 2 heterocycles. The molecule has 1 saturated heterocycles. The number of halogens is 1. The third-order valence-corrected chi connectivity index (χ3v) is 5.49. The number of thiophene rings is 1. The predicted molar refractivity (Wildman–Crippen MR) is 130 cm³/mol. The van der Waals surface area contributed by atoms with Crippen molar-refractivity contribution in [3.8, 4) is 0 Å². The Morgan fingerprint density at radius 3 is 2.90 bits per heavy atom. The van der Waals surface area contributed by atoms with E-state index in [1.165, 1.54) is 5.56 Å². The lowest BCUT2D eigenvalue weighted by atomic mass is 10.1. The molecule has 1 amide bonds. The van der Waals surface area contributed by atoms with E-state index in [-0.39, 0.29) is 36.0 Å². The Hall–Kier alpha value is -1.65. The van der Waals surface area contributed by atoms with Crippen LogP contribution in [-0.4, -0.2) is 38.2 Å². The van der Waals surface area contributed by atoms with Gasteiger partial charge in [0.15, 0.2) is 5.96 Å². The van der Waals surface area contributed by atoms with Crippen LogP contribution in [0, 0.1) is 0 Å². The molecule has 1 aromatic carbocycles. The number of hydrogen-bond donors (Lipinski definition) is 3. The second-order valence-corrected chi connectivity index (χ2v) is 7.74. The maximum atomic E-state index is 12.2. The third-order valence-electron chi connectivity index (χ3n) is 4.79. The molecule has 2 atom stereocenters. The minimum absolute atomic E-state index is 0. The number of rotatable bonds is 7. The van der Waals surface area contributed by atoms with Crippen LogP contribution < -0.4 is 16.0 Å². The van der Waals surface area contributed by atoms with E-state index in [0.29, 0.717) is 19.1 Å². The van der Waals surface area contributed by atoms with Crippen molar-refractivity contribution in [2.24, 2.45) is 4.99 Å². The summed E-state index contributed by atoms with van der Waals surface area (Å²) in [4.78, 5) is 16.5. The third kappa shape index (κ3) is 7.27. The zero-order chi connectivity index (χ0) is 19.8. The fourth-order valence-corrected chi connectivity index (χ4v) is 3.88. The number of nitrogens with zero attached hydrogens (tertiary/aromatic N) is 1. The van der Waals surface area contributed by atoms with Gasteiger partial charge in [0.25, 0.3) is 5.91 Å². The molecule has 0 aliphatic carbocycles. The first-order valence-electron chi connectivity index (χ1n) is 9.63. The van der Waals surface area contributed by atoms with E-state index in [4.69, 9.17) is 4.74 Å². The maximum Gasteiger partial charge on any atom is 0.253 e. The summed E-state index contributed by atoms with van der Waals surface area (Å²) in [5, 5.41) is 13.9. The van der Waals surface area contributed by atoms with Crippen molar-refractivity contribution >= 4 is 52.9 Å². The zero-order valence-electron chi connectivity index (χ0n) is 16.8. The topological polar surface area (TPSA) is 74.8 Å². The molecule has 6 nitrogen and oxygen atoms in total. The first kappa shape index (κ1) is 23.6. The number of ether oxygens (including phenoxy) is 1. The first-order valence-corrected chi connectivity index (χ1v) is 10.6. The molecule has 158 valence electrons. The van der Waals surface area contributed by atoms with Crippen molar-refractivity contribution in [3.05, 3.63) is 52.2 Å². The molecule has 1 aliphatic heterocycles. The molecule has 1 aromatic heterocycles. The second kappa shape index (κ2) is 12.1. The van der Waals surface area contributed by atoms with Crippen LogP contribution in [0.4, 0.5) is 5.69 Å². The first-order chi connectivity index (χ1) is 13.7. The van der Waals surface area contributed by atoms with Crippen molar-refractivity contribution in [1.82, 2.24) is 10.6 Å². The summed E-state index contributed by atoms with van der Waals surface area (Å²) >= 11 is 1.72. The Labute approximate surface area is 193 Å². The summed E-state index contributed by atoms with van der Waals surface area (Å²) in [5.74, 6) is 1.11. The number of amides is 1. The summed E-state index contributed by atoms with van der Waals surface area (Å²) in [5.41, 5.74) is 3.19. The molecule has 2 unspecified atom stereocenters. The van der Waals surface area contributed by atoms with Crippen LogP contribution in [0.15, 0.2) is 46.1 Å². The predicted octanol–water partition coefficient (Wildman–Crippen LogP) is 3.95. The average molecular weight is 528 g/mol. The highest BCUT2D eigenvalue weighted by molar-refractivity contribution is 14.0. The highest BCUT2D eigenvalue weighted by Crippen LogP contribution is 2.17. The Morgan fingerprint density at radius 1 is 1.34 bits per heavy atom. The number of guanidine groups is 1. The van der Waals surface area contributed by atoms with Gasteiger partial charge in [-0.1, -0.05) is 19.1 Å². The molecule has 8 heteroatoms. The molecule has 0 spiro atoms. The number of anilines is 1. The molecule has 3 N–H and O–H groups in total. The number of benzene rings is 1. The Balaban J connectivity index is 0.00000300. The van der Waals surface area contributed by atoms with E-state index in [0.717, 1.165) is 36.6 Å². The minimum Gasteiger partial charge on any atom is -0.368 e. The summed E-state index contributed by atoms with van der Waals surface area (Å²) in [6.45, 7) is 4.30. The van der Waals surface area contributed by atoms with Gasteiger partial charge in [-0.3, -0.25) is 9.79 Å². The summed E-state index contributed by atoms with van der Waals surface area (Å²) in [6.07, 6.45) is 1.41. The van der Waals surface area contributed by atoms with Crippen molar-refractivity contribution in [2.45, 2.75) is 38.3 Å². The van der Waals surface area contributed by atoms with Crippen LogP contribution in [0.3, 0.4) is 0 Å². The summed E-state index contributed by atoms with van der Waals surface area (Å²) in [7, 11) is 1.77. The van der Waals surface area contributed by atoms with Crippen LogP contribution in [0.5, 0.6) is 0 Å². The van der Waals surface area contributed by atoms with E-state index in [9.17, 15) is 4.79 Å². The monoisotopic (exact) mass is 528 g/mol. The minimum atomic E-state index is -0.324. The van der Waals surface area contributed by atoms with E-state index >= 15 is 0 Å². The van der Waals surface area contributed by atoms with E-state index in [1.807, 2.05) is 24.3 Å². The maximum absolute atomic E-state index is 12.2. The highest BCUT2D eigenvalue weighted by Gasteiger charge is 2.23. The number of carbonyl (C=O) groups excluding carboxylic acids is 1. The quantitative estimate of drug-likeness (QED) is 0.289. The van der Waals surface area contributed by atoms with E-state index < -0.39 is 0 Å². The number of carbonyl (C=O) groups is 1. The fraction of sp³-hybridized carbons (Fsp3) is 0.429. The van der Waals surface area contributed by atoms with Gasteiger partial charge in [0.05, 0.1) is 0 Å². The number of nitrogens with one attached hydrogen (secondary N) is 3. The van der Waals surface area contributed by atoms with E-state index in [2.05, 4.69) is 44.7 Å². The van der Waals surface area contributed by atoms with Crippen molar-refractivity contribution < 1.29 is 9.53 Å². The Morgan fingerprint density at radius 2 is 2.21 bits per heavy atom. The van der Waals surface area contributed by atoms with Gasteiger partial charge in [0.1, 0.15) is 6.10 Å². The molecule has 1 aliphatic rings. The summed E-state index contributed by atoms with van der Waals surface area (Å²) < 4.78 is 5.44. The lowest BCUT2D eigenvalue weighted by molar-refractivity contribution is -0.124. The van der Waals surface area contributed by atoms with Crippen molar-refractivity contribution in [3.63, 3.8) is 0 Å². The average Bonchev–Trinajstić information content (AvgIpc) is 3.42. The Kier molecular flexibility index (Phi) is 9.89. The molecular formula is C21H29IN4O2S. The van der Waals surface area contributed by atoms with Gasteiger partial charge >= 0.3 is 0 Å². The van der Waals surface area contributed by atoms with Crippen LogP contribution >= 0.6 is 35.3 Å². The Bertz CT molecular complexity index is 792. The lowest BCUT2D eigenvalue weighted by Crippen LogP contribution is -2.38. The van der Waals surface area contributed by atoms with Gasteiger partial charge in [0, 0.05) is 32.4 Å². The molecule has 2 aromatic rings. The number of hydrogen-bond acceptors (Lipinski definition) is 4. The van der Waals surface area contributed by atoms with Crippen LogP contribution in [0.2, 0.25) is 0 Å². The lowest BCUT2D eigenvalue weighted by Gasteiger charge is -2.16. The van der Waals surface area contributed by atoms with Crippen LogP contribution in [-0.2, 0) is 16.1 Å². The van der Waals surface area contributed by atoms with Crippen LogP contribution in [0.1, 0.15) is 36.8 Å². The summed E-state index contributed by atoms with van der Waals surface area (Å²) in [6, 6.07) is 9.99. The van der Waals surface area contributed by atoms with Crippen LogP contribution in [0.25, 0.3) is 0 Å². The van der Waals surface area contributed by atoms with E-state index in [1.54, 1.807) is 18.4 Å². The SMILES string of the molecule is CN=C(NCc1cccc(NC(=O)C2CCCO2)c1)NCC(C)c1ccsc1.I. The van der Waals surface area contributed by atoms with Gasteiger partial charge in [0.2, 0.25) is 0 Å². The smallest absolute Gasteiger partial charge is 0.253 e. The molecule has 3 rings (SSSR count). The molecule has 0 bridgehead atoms. The normalized spacial score (nSPS) is 17.3. The molecule has 0 radical (unpaired) electrons. The fourth-order valence-electron chi connectivity index (χ4n) is 3.10. The largest absolute Gasteiger partial charge is 0.368 e. The molecule has 0 saturated carbocycles. The van der Waals surface area contributed by atoms with Gasteiger partial charge in [-0.2, -0.15) is 11.3 Å². The highest BCUT2D eigenvalue weighted by atomic mass is 127. The van der Waals surface area contributed by atoms with Crippen molar-refractivity contribution in [1.29, 1.82) is 0 Å². The second-order valence-electron chi connectivity index (χ2n) is 6.96. The molecule has 1 fully saturated rings. The standard InChI is InChI=1S/C21H28N4O2S.HI/c1-15(17-8-10-28-14-17)12-23-21(22-2)24-13-16-5-3-6-18(11-16)25-20(26)19-7-4-9-27-19;/h3,5-6,8,10-11,14-15,19H,4,7,9,12-13H2,1-2H3,(H,25,26)(H2,22,23,24);1H. The molecule has 29 heavy (non-hydrogen) atoms.